The lowest BCUT2D eigenvalue weighted by atomic mass is 10.2. The number of nitrogens with zero attached hydrogens (tertiary/aromatic N) is 1. The van der Waals surface area contributed by atoms with E-state index in [0.29, 0.717) is 21.3 Å². The standard InChI is InChI=1S/C13H8Br3NO3/c14-7-8-1-2-9(15)5-13(8)20-12-4-10(16)3-11(6-12)17(18)19/h1-6H,7H2. The van der Waals surface area contributed by atoms with Crippen LogP contribution in [0.15, 0.2) is 45.3 Å². The van der Waals surface area contributed by atoms with Crippen LogP contribution in [-0.2, 0) is 5.33 Å². The van der Waals surface area contributed by atoms with Crippen molar-refractivity contribution in [1.82, 2.24) is 0 Å². The van der Waals surface area contributed by atoms with E-state index in [1.807, 2.05) is 18.2 Å². The highest BCUT2D eigenvalue weighted by molar-refractivity contribution is 9.10. The zero-order valence-corrected chi connectivity index (χ0v) is 14.7. The Morgan fingerprint density at radius 1 is 1.10 bits per heavy atom. The van der Waals surface area contributed by atoms with Crippen molar-refractivity contribution in [1.29, 1.82) is 0 Å². The molecule has 104 valence electrons. The van der Waals surface area contributed by atoms with Crippen molar-refractivity contribution in [2.75, 3.05) is 0 Å². The molecule has 0 unspecified atom stereocenters. The van der Waals surface area contributed by atoms with Gasteiger partial charge in [0, 0.05) is 25.9 Å². The molecule has 20 heavy (non-hydrogen) atoms. The van der Waals surface area contributed by atoms with E-state index in [9.17, 15) is 10.1 Å². The lowest BCUT2D eigenvalue weighted by molar-refractivity contribution is -0.385. The number of hydrogen-bond acceptors (Lipinski definition) is 3. The Balaban J connectivity index is 2.39. The van der Waals surface area contributed by atoms with Gasteiger partial charge in [0.05, 0.1) is 11.0 Å². The van der Waals surface area contributed by atoms with E-state index in [1.54, 1.807) is 6.07 Å². The third-order valence-corrected chi connectivity index (χ3v) is 4.02. The third-order valence-electron chi connectivity index (χ3n) is 2.47. The van der Waals surface area contributed by atoms with Gasteiger partial charge in [-0.2, -0.15) is 0 Å². The van der Waals surface area contributed by atoms with Gasteiger partial charge in [0.25, 0.3) is 5.69 Å². The van der Waals surface area contributed by atoms with Gasteiger partial charge in [-0.25, -0.2) is 0 Å². The van der Waals surface area contributed by atoms with Gasteiger partial charge in [-0.05, 0) is 18.2 Å². The van der Waals surface area contributed by atoms with E-state index < -0.39 is 4.92 Å². The van der Waals surface area contributed by atoms with E-state index in [1.165, 1.54) is 12.1 Å². The highest BCUT2D eigenvalue weighted by atomic mass is 79.9. The molecule has 0 saturated carbocycles. The molecule has 0 aliphatic heterocycles. The first kappa shape index (κ1) is 15.5. The summed E-state index contributed by atoms with van der Waals surface area (Å²) in [5, 5.41) is 11.5. The highest BCUT2D eigenvalue weighted by Gasteiger charge is 2.12. The van der Waals surface area contributed by atoms with Gasteiger partial charge in [-0.1, -0.05) is 53.9 Å². The predicted molar refractivity (Wildman–Crippen MR) is 87.6 cm³/mol. The Morgan fingerprint density at radius 3 is 2.50 bits per heavy atom. The summed E-state index contributed by atoms with van der Waals surface area (Å²) in [6.07, 6.45) is 0. The van der Waals surface area contributed by atoms with Crippen LogP contribution in [-0.4, -0.2) is 4.92 Å². The van der Waals surface area contributed by atoms with E-state index in [4.69, 9.17) is 4.74 Å². The van der Waals surface area contributed by atoms with Crippen molar-refractivity contribution in [2.45, 2.75) is 5.33 Å². The molecule has 0 N–H and O–H groups in total. The minimum absolute atomic E-state index is 0.0234. The Morgan fingerprint density at radius 2 is 1.85 bits per heavy atom. The molecule has 2 aromatic carbocycles. The zero-order valence-electron chi connectivity index (χ0n) is 9.98. The van der Waals surface area contributed by atoms with Crippen LogP contribution in [0.4, 0.5) is 5.69 Å². The number of halogens is 3. The van der Waals surface area contributed by atoms with E-state index in [-0.39, 0.29) is 5.69 Å². The quantitative estimate of drug-likeness (QED) is 0.325. The maximum absolute atomic E-state index is 10.8. The molecule has 7 heteroatoms. The molecular weight excluding hydrogens is 458 g/mol. The molecule has 0 atom stereocenters. The number of hydrogen-bond donors (Lipinski definition) is 0. The van der Waals surface area contributed by atoms with Crippen molar-refractivity contribution < 1.29 is 9.66 Å². The minimum atomic E-state index is -0.454. The van der Waals surface area contributed by atoms with Gasteiger partial charge < -0.3 is 4.74 Å². The van der Waals surface area contributed by atoms with Crippen molar-refractivity contribution >= 4 is 53.5 Å². The Hall–Kier alpha value is -0.920. The van der Waals surface area contributed by atoms with Crippen molar-refractivity contribution in [3.63, 3.8) is 0 Å². The number of non-ortho nitro benzene ring substituents is 1. The molecule has 0 amide bonds. The van der Waals surface area contributed by atoms with Gasteiger partial charge in [-0.3, -0.25) is 10.1 Å². The monoisotopic (exact) mass is 463 g/mol. The van der Waals surface area contributed by atoms with Crippen LogP contribution in [0.3, 0.4) is 0 Å². The third kappa shape index (κ3) is 3.80. The summed E-state index contributed by atoms with van der Waals surface area (Å²) < 4.78 is 7.23. The number of alkyl halides is 1. The highest BCUT2D eigenvalue weighted by Crippen LogP contribution is 2.33. The Bertz CT molecular complexity index is 661. The number of rotatable bonds is 4. The zero-order chi connectivity index (χ0) is 14.7. The van der Waals surface area contributed by atoms with Gasteiger partial charge in [0.2, 0.25) is 0 Å². The molecule has 4 nitrogen and oxygen atoms in total. The molecule has 0 radical (unpaired) electrons. The second-order valence-electron chi connectivity index (χ2n) is 3.89. The van der Waals surface area contributed by atoms with Crippen molar-refractivity contribution in [3.05, 3.63) is 61.0 Å². The first-order chi connectivity index (χ1) is 9.49. The maximum Gasteiger partial charge on any atom is 0.274 e. The minimum Gasteiger partial charge on any atom is -0.457 e. The topological polar surface area (TPSA) is 52.4 Å². The second-order valence-corrected chi connectivity index (χ2v) is 6.28. The SMILES string of the molecule is O=[N+]([O-])c1cc(Br)cc(Oc2cc(Br)ccc2CBr)c1. The van der Waals surface area contributed by atoms with Crippen LogP contribution in [0.1, 0.15) is 5.56 Å². The maximum atomic E-state index is 10.8. The molecule has 0 aromatic heterocycles. The van der Waals surface area contributed by atoms with Gasteiger partial charge in [0.15, 0.2) is 0 Å². The van der Waals surface area contributed by atoms with Crippen LogP contribution in [0.2, 0.25) is 0 Å². The summed E-state index contributed by atoms with van der Waals surface area (Å²) in [4.78, 5) is 10.4. The van der Waals surface area contributed by atoms with Crippen LogP contribution in [0, 0.1) is 10.1 Å². The van der Waals surface area contributed by atoms with Gasteiger partial charge in [0.1, 0.15) is 11.5 Å². The predicted octanol–water partition coefficient (Wildman–Crippen LogP) is 5.81. The Kier molecular flexibility index (Phi) is 5.17. The summed E-state index contributed by atoms with van der Waals surface area (Å²) in [6.45, 7) is 0. The summed E-state index contributed by atoms with van der Waals surface area (Å²) >= 11 is 10.0. The largest absolute Gasteiger partial charge is 0.457 e. The van der Waals surface area contributed by atoms with Crippen LogP contribution in [0.5, 0.6) is 11.5 Å². The summed E-state index contributed by atoms with van der Waals surface area (Å²) in [5.74, 6) is 1.05. The van der Waals surface area contributed by atoms with Gasteiger partial charge in [-0.15, -0.1) is 0 Å². The first-order valence-electron chi connectivity index (χ1n) is 5.47. The number of ether oxygens (including phenoxy) is 1. The molecule has 2 aromatic rings. The molecule has 0 heterocycles. The number of nitro groups is 1. The molecule has 2 rings (SSSR count). The Labute approximate surface area is 140 Å². The smallest absolute Gasteiger partial charge is 0.274 e. The van der Waals surface area contributed by atoms with Crippen LogP contribution < -0.4 is 4.74 Å². The summed E-state index contributed by atoms with van der Waals surface area (Å²) in [6, 6.07) is 10.2. The average molecular weight is 466 g/mol. The van der Waals surface area contributed by atoms with E-state index >= 15 is 0 Å². The fourth-order valence-electron chi connectivity index (χ4n) is 1.57. The lowest BCUT2D eigenvalue weighted by Crippen LogP contribution is -1.92. The molecule has 0 spiro atoms. The van der Waals surface area contributed by atoms with Crippen LogP contribution in [0.25, 0.3) is 0 Å². The molecule has 0 aliphatic rings. The molecule has 0 fully saturated rings. The fourth-order valence-corrected chi connectivity index (χ4v) is 2.84. The first-order valence-corrected chi connectivity index (χ1v) is 8.17. The molecular formula is C13H8Br3NO3. The summed E-state index contributed by atoms with van der Waals surface area (Å²) in [5.41, 5.74) is 0.931. The van der Waals surface area contributed by atoms with Crippen molar-refractivity contribution in [3.8, 4) is 11.5 Å². The second kappa shape index (κ2) is 6.69. The summed E-state index contributed by atoms with van der Waals surface area (Å²) in [7, 11) is 0. The molecule has 0 saturated heterocycles. The van der Waals surface area contributed by atoms with Gasteiger partial charge >= 0.3 is 0 Å². The van der Waals surface area contributed by atoms with E-state index in [0.717, 1.165) is 10.0 Å². The molecule has 0 aliphatic carbocycles. The van der Waals surface area contributed by atoms with Crippen LogP contribution >= 0.6 is 47.8 Å². The van der Waals surface area contributed by atoms with E-state index in [2.05, 4.69) is 47.8 Å². The normalized spacial score (nSPS) is 10.3. The number of nitro benzene ring substituents is 1. The lowest BCUT2D eigenvalue weighted by Gasteiger charge is -2.10. The van der Waals surface area contributed by atoms with Crippen molar-refractivity contribution in [2.24, 2.45) is 0 Å². The number of benzene rings is 2. The molecule has 0 bridgehead atoms. The average Bonchev–Trinajstić information content (AvgIpc) is 2.38. The fraction of sp³-hybridized carbons (Fsp3) is 0.0769.